The summed E-state index contributed by atoms with van der Waals surface area (Å²) in [5.74, 6) is 1.31. The third-order valence-electron chi connectivity index (χ3n) is 3.87. The van der Waals surface area contributed by atoms with E-state index in [9.17, 15) is 9.59 Å². The molecule has 1 heterocycles. The van der Waals surface area contributed by atoms with E-state index in [1.807, 2.05) is 0 Å². The van der Waals surface area contributed by atoms with Gasteiger partial charge in [0.05, 0.1) is 12.3 Å². The molecule has 6 heteroatoms. The van der Waals surface area contributed by atoms with Crippen LogP contribution in [0.15, 0.2) is 42.5 Å². The first kappa shape index (κ1) is 17.8. The Labute approximate surface area is 152 Å². The van der Waals surface area contributed by atoms with Gasteiger partial charge in [0.15, 0.2) is 6.10 Å². The van der Waals surface area contributed by atoms with E-state index in [1.165, 1.54) is 0 Å². The maximum atomic E-state index is 12.4. The number of ether oxygens (including phenoxy) is 2. The van der Waals surface area contributed by atoms with Gasteiger partial charge in [-0.2, -0.15) is 0 Å². The van der Waals surface area contributed by atoms with Crippen LogP contribution in [0.25, 0.3) is 0 Å². The summed E-state index contributed by atoms with van der Waals surface area (Å²) in [4.78, 5) is 24.1. The summed E-state index contributed by atoms with van der Waals surface area (Å²) in [6.07, 6.45) is -0.528. The minimum Gasteiger partial charge on any atom is -0.493 e. The summed E-state index contributed by atoms with van der Waals surface area (Å²) in [5, 5.41) is 5.58. The summed E-state index contributed by atoms with van der Waals surface area (Å²) in [6.45, 7) is 6.47. The molecule has 0 unspecified atom stereocenters. The van der Waals surface area contributed by atoms with E-state index in [2.05, 4.69) is 24.5 Å². The number of rotatable bonds is 5. The Balaban J connectivity index is 1.66. The largest absolute Gasteiger partial charge is 0.493 e. The van der Waals surface area contributed by atoms with Crippen LogP contribution in [0.1, 0.15) is 31.1 Å². The maximum Gasteiger partial charge on any atom is 0.265 e. The zero-order valence-electron chi connectivity index (χ0n) is 15.0. The Hall–Kier alpha value is -3.02. The van der Waals surface area contributed by atoms with Crippen molar-refractivity contribution in [3.05, 3.63) is 48.0 Å². The van der Waals surface area contributed by atoms with Gasteiger partial charge in [-0.15, -0.1) is 0 Å². The normalized spacial score (nSPS) is 15.7. The molecule has 3 rings (SSSR count). The van der Waals surface area contributed by atoms with Gasteiger partial charge in [-0.05, 0) is 55.3 Å². The number of hydrogen-bond acceptors (Lipinski definition) is 4. The van der Waals surface area contributed by atoms with Crippen molar-refractivity contribution in [2.75, 3.05) is 17.2 Å². The molecule has 0 saturated heterocycles. The predicted molar refractivity (Wildman–Crippen MR) is 99.9 cm³/mol. The van der Waals surface area contributed by atoms with E-state index in [0.29, 0.717) is 35.2 Å². The van der Waals surface area contributed by atoms with Crippen LogP contribution in [0.4, 0.5) is 11.4 Å². The molecule has 0 aliphatic carbocycles. The Bertz CT molecular complexity index is 815. The maximum absolute atomic E-state index is 12.4. The number of benzene rings is 2. The molecular formula is C20H22N2O4. The fraction of sp³-hybridized carbons (Fsp3) is 0.300. The van der Waals surface area contributed by atoms with E-state index >= 15 is 0 Å². The highest BCUT2D eigenvalue weighted by molar-refractivity contribution is 6.05. The van der Waals surface area contributed by atoms with Crippen LogP contribution >= 0.6 is 0 Å². The zero-order chi connectivity index (χ0) is 18.7. The standard InChI is InChI=1S/C20H22N2O4/c1-12(2)11-25-16-7-4-14(5-8-16)20(24)21-15-6-9-18-17(10-15)22-19(23)13(3)26-18/h4-10,12-13H,11H2,1-3H3,(H,21,24)(H,22,23)/t13-/m0/s1. The lowest BCUT2D eigenvalue weighted by molar-refractivity contribution is -0.122. The predicted octanol–water partition coefficient (Wildman–Crippen LogP) is 3.69. The second-order valence-corrected chi connectivity index (χ2v) is 6.64. The van der Waals surface area contributed by atoms with Gasteiger partial charge in [-0.3, -0.25) is 9.59 Å². The highest BCUT2D eigenvalue weighted by atomic mass is 16.5. The second kappa shape index (κ2) is 7.47. The molecule has 0 fully saturated rings. The van der Waals surface area contributed by atoms with E-state index < -0.39 is 6.10 Å². The molecule has 136 valence electrons. The lowest BCUT2D eigenvalue weighted by Gasteiger charge is -2.23. The van der Waals surface area contributed by atoms with Crippen LogP contribution in [0, 0.1) is 5.92 Å². The van der Waals surface area contributed by atoms with Crippen molar-refractivity contribution in [2.45, 2.75) is 26.9 Å². The molecule has 0 radical (unpaired) electrons. The molecule has 2 amide bonds. The highest BCUT2D eigenvalue weighted by Gasteiger charge is 2.23. The van der Waals surface area contributed by atoms with Gasteiger partial charge in [-0.1, -0.05) is 13.8 Å². The van der Waals surface area contributed by atoms with Gasteiger partial charge < -0.3 is 20.1 Å². The molecule has 1 aliphatic rings. The molecule has 6 nitrogen and oxygen atoms in total. The minimum absolute atomic E-state index is 0.210. The average Bonchev–Trinajstić information content (AvgIpc) is 2.61. The van der Waals surface area contributed by atoms with Crippen molar-refractivity contribution in [3.8, 4) is 11.5 Å². The molecule has 0 saturated carbocycles. The van der Waals surface area contributed by atoms with Crippen molar-refractivity contribution < 1.29 is 19.1 Å². The Morgan fingerprint density at radius 2 is 1.96 bits per heavy atom. The Morgan fingerprint density at radius 3 is 2.65 bits per heavy atom. The summed E-state index contributed by atoms with van der Waals surface area (Å²) < 4.78 is 11.1. The third-order valence-corrected chi connectivity index (χ3v) is 3.87. The third kappa shape index (κ3) is 4.14. The Morgan fingerprint density at radius 1 is 1.23 bits per heavy atom. The van der Waals surface area contributed by atoms with Gasteiger partial charge in [-0.25, -0.2) is 0 Å². The second-order valence-electron chi connectivity index (χ2n) is 6.64. The quantitative estimate of drug-likeness (QED) is 0.858. The minimum atomic E-state index is -0.528. The lowest BCUT2D eigenvalue weighted by atomic mass is 10.1. The van der Waals surface area contributed by atoms with Crippen LogP contribution in [-0.4, -0.2) is 24.5 Å². The van der Waals surface area contributed by atoms with Crippen LogP contribution < -0.4 is 20.1 Å². The summed E-state index contributed by atoms with van der Waals surface area (Å²) in [5.41, 5.74) is 1.64. The molecule has 1 atom stereocenters. The van der Waals surface area contributed by atoms with Crippen molar-refractivity contribution >= 4 is 23.2 Å². The number of anilines is 2. The lowest BCUT2D eigenvalue weighted by Crippen LogP contribution is -2.34. The number of hydrogen-bond donors (Lipinski definition) is 2. The van der Waals surface area contributed by atoms with Gasteiger partial charge in [0, 0.05) is 11.3 Å². The number of carbonyl (C=O) groups excluding carboxylic acids is 2. The van der Waals surface area contributed by atoms with Crippen LogP contribution in [0.5, 0.6) is 11.5 Å². The summed E-state index contributed by atoms with van der Waals surface area (Å²) in [6, 6.07) is 12.1. The van der Waals surface area contributed by atoms with Crippen LogP contribution in [0.2, 0.25) is 0 Å². The zero-order valence-corrected chi connectivity index (χ0v) is 15.0. The van der Waals surface area contributed by atoms with Gasteiger partial charge in [0.1, 0.15) is 11.5 Å². The van der Waals surface area contributed by atoms with Crippen molar-refractivity contribution in [1.82, 2.24) is 0 Å². The average molecular weight is 354 g/mol. The first-order chi connectivity index (χ1) is 12.4. The molecule has 2 aromatic carbocycles. The summed E-state index contributed by atoms with van der Waals surface area (Å²) in [7, 11) is 0. The first-order valence-corrected chi connectivity index (χ1v) is 8.58. The molecule has 0 aromatic heterocycles. The number of nitrogens with one attached hydrogen (secondary N) is 2. The van der Waals surface area contributed by atoms with Gasteiger partial charge in [0.2, 0.25) is 0 Å². The van der Waals surface area contributed by atoms with E-state index in [0.717, 1.165) is 5.75 Å². The van der Waals surface area contributed by atoms with Crippen molar-refractivity contribution in [1.29, 1.82) is 0 Å². The number of carbonyl (C=O) groups is 2. The number of amides is 2. The fourth-order valence-electron chi connectivity index (χ4n) is 2.46. The molecule has 0 spiro atoms. The molecule has 26 heavy (non-hydrogen) atoms. The smallest absolute Gasteiger partial charge is 0.265 e. The number of fused-ring (bicyclic) bond motifs is 1. The summed E-state index contributed by atoms with van der Waals surface area (Å²) >= 11 is 0. The van der Waals surface area contributed by atoms with E-state index in [-0.39, 0.29) is 11.8 Å². The van der Waals surface area contributed by atoms with Gasteiger partial charge >= 0.3 is 0 Å². The van der Waals surface area contributed by atoms with Crippen molar-refractivity contribution in [2.24, 2.45) is 5.92 Å². The highest BCUT2D eigenvalue weighted by Crippen LogP contribution is 2.32. The van der Waals surface area contributed by atoms with E-state index in [4.69, 9.17) is 9.47 Å². The Kier molecular flexibility index (Phi) is 5.11. The molecule has 2 aromatic rings. The molecule has 1 aliphatic heterocycles. The molecule has 2 N–H and O–H groups in total. The molecule has 0 bridgehead atoms. The van der Waals surface area contributed by atoms with Crippen molar-refractivity contribution in [3.63, 3.8) is 0 Å². The SMILES string of the molecule is CC(C)COc1ccc(C(=O)Nc2ccc3c(c2)NC(=O)[C@H](C)O3)cc1. The molecular weight excluding hydrogens is 332 g/mol. The fourth-order valence-corrected chi connectivity index (χ4v) is 2.46. The van der Waals surface area contributed by atoms with Crippen LogP contribution in [-0.2, 0) is 4.79 Å². The van der Waals surface area contributed by atoms with Crippen LogP contribution in [0.3, 0.4) is 0 Å². The van der Waals surface area contributed by atoms with Gasteiger partial charge in [0.25, 0.3) is 11.8 Å². The van der Waals surface area contributed by atoms with E-state index in [1.54, 1.807) is 49.4 Å². The topological polar surface area (TPSA) is 76.7 Å². The monoisotopic (exact) mass is 354 g/mol. The first-order valence-electron chi connectivity index (χ1n) is 8.58.